The summed E-state index contributed by atoms with van der Waals surface area (Å²) < 4.78 is 5.00. The molecule has 1 aromatic heterocycles. The Hall–Kier alpha value is -1.69. The highest BCUT2D eigenvalue weighted by atomic mass is 32.1. The minimum atomic E-state index is -0.495. The van der Waals surface area contributed by atoms with E-state index in [1.807, 2.05) is 13.0 Å². The van der Waals surface area contributed by atoms with Crippen molar-refractivity contribution < 1.29 is 19.1 Å². The highest BCUT2D eigenvalue weighted by molar-refractivity contribution is 7.14. The number of thiophene rings is 1. The third-order valence-corrected chi connectivity index (χ3v) is 5.11. The molecule has 0 saturated carbocycles. The molecule has 0 aromatic carbocycles. The molecule has 0 spiro atoms. The summed E-state index contributed by atoms with van der Waals surface area (Å²) in [4.78, 5) is 39.0. The molecule has 1 aliphatic heterocycles. The molecule has 1 amide bonds. The van der Waals surface area contributed by atoms with Gasteiger partial charge in [0.05, 0.1) is 11.3 Å². The molecule has 0 aliphatic carbocycles. The van der Waals surface area contributed by atoms with Crippen molar-refractivity contribution in [3.8, 4) is 0 Å². The first-order valence-electron chi connectivity index (χ1n) is 7.98. The third-order valence-electron chi connectivity index (χ3n) is 4.06. The molecule has 126 valence electrons. The lowest BCUT2D eigenvalue weighted by molar-refractivity contribution is -0.152. The van der Waals surface area contributed by atoms with E-state index < -0.39 is 5.97 Å². The number of Topliss-reactive ketones (excluding diaryl/α,β-unsaturated/α-hetero) is 1. The number of carbonyl (C=O) groups is 3. The van der Waals surface area contributed by atoms with E-state index in [1.54, 1.807) is 11.0 Å². The molecular weight excluding hydrogens is 314 g/mol. The average molecular weight is 337 g/mol. The highest BCUT2D eigenvalue weighted by Gasteiger charge is 2.21. The fourth-order valence-corrected chi connectivity index (χ4v) is 3.32. The zero-order valence-electron chi connectivity index (χ0n) is 13.7. The van der Waals surface area contributed by atoms with Crippen LogP contribution in [0.4, 0.5) is 0 Å². The number of esters is 1. The van der Waals surface area contributed by atoms with Gasteiger partial charge in [-0.2, -0.15) is 0 Å². The fraction of sp³-hybridized carbons (Fsp3) is 0.588. The maximum atomic E-state index is 12.0. The summed E-state index contributed by atoms with van der Waals surface area (Å²) in [6.45, 7) is 5.34. The van der Waals surface area contributed by atoms with Crippen molar-refractivity contribution in [2.75, 3.05) is 19.7 Å². The van der Waals surface area contributed by atoms with Gasteiger partial charge in [0.2, 0.25) is 0 Å². The maximum Gasteiger partial charge on any atom is 0.306 e. The van der Waals surface area contributed by atoms with Crippen LogP contribution in [0.1, 0.15) is 47.2 Å². The maximum absolute atomic E-state index is 12.0. The van der Waals surface area contributed by atoms with Crippen LogP contribution in [0.15, 0.2) is 12.1 Å². The van der Waals surface area contributed by atoms with Gasteiger partial charge in [-0.05, 0) is 37.8 Å². The van der Waals surface area contributed by atoms with Gasteiger partial charge in [-0.3, -0.25) is 14.4 Å². The number of ether oxygens (including phenoxy) is 1. The van der Waals surface area contributed by atoms with Gasteiger partial charge >= 0.3 is 5.97 Å². The van der Waals surface area contributed by atoms with Gasteiger partial charge in [0.15, 0.2) is 12.4 Å². The van der Waals surface area contributed by atoms with Gasteiger partial charge in [0.1, 0.15) is 0 Å². The Balaban J connectivity index is 1.66. The molecule has 2 heterocycles. The van der Waals surface area contributed by atoms with Crippen LogP contribution in [0.5, 0.6) is 0 Å². The Bertz CT molecular complexity index is 573. The van der Waals surface area contributed by atoms with Gasteiger partial charge in [0, 0.05) is 24.4 Å². The van der Waals surface area contributed by atoms with Gasteiger partial charge in [-0.25, -0.2) is 0 Å². The quantitative estimate of drug-likeness (QED) is 0.591. The van der Waals surface area contributed by atoms with Gasteiger partial charge in [-0.1, -0.05) is 6.92 Å². The largest absolute Gasteiger partial charge is 0.456 e. The Morgan fingerprint density at radius 3 is 2.52 bits per heavy atom. The Morgan fingerprint density at radius 2 is 1.91 bits per heavy atom. The number of nitrogens with zero attached hydrogens (tertiary/aromatic N) is 1. The van der Waals surface area contributed by atoms with Crippen molar-refractivity contribution in [2.45, 2.75) is 39.5 Å². The van der Waals surface area contributed by atoms with Crippen LogP contribution in [0.3, 0.4) is 0 Å². The number of amides is 1. The number of hydrogen-bond donors (Lipinski definition) is 0. The number of likely N-dealkylation sites (tertiary alicyclic amines) is 1. The van der Waals surface area contributed by atoms with Crippen LogP contribution in [0, 0.1) is 12.8 Å². The van der Waals surface area contributed by atoms with Crippen LogP contribution in [0.25, 0.3) is 0 Å². The molecule has 2 rings (SSSR count). The van der Waals surface area contributed by atoms with Crippen molar-refractivity contribution in [1.82, 2.24) is 4.90 Å². The minimum Gasteiger partial charge on any atom is -0.456 e. The van der Waals surface area contributed by atoms with E-state index >= 15 is 0 Å². The lowest BCUT2D eigenvalue weighted by Gasteiger charge is -2.30. The van der Waals surface area contributed by atoms with Crippen LogP contribution in [0.2, 0.25) is 0 Å². The predicted octanol–water partition coefficient (Wildman–Crippen LogP) is 2.82. The Morgan fingerprint density at radius 1 is 1.22 bits per heavy atom. The Labute approximate surface area is 140 Å². The molecule has 6 heteroatoms. The molecule has 0 unspecified atom stereocenters. The van der Waals surface area contributed by atoms with Crippen LogP contribution >= 0.6 is 11.3 Å². The minimum absolute atomic E-state index is 0.0140. The molecule has 23 heavy (non-hydrogen) atoms. The van der Waals surface area contributed by atoms with E-state index in [1.165, 1.54) is 11.3 Å². The summed E-state index contributed by atoms with van der Waals surface area (Å²) in [7, 11) is 0. The van der Waals surface area contributed by atoms with Crippen molar-refractivity contribution in [1.29, 1.82) is 0 Å². The number of ketones is 1. The third kappa shape index (κ3) is 5.46. The molecular formula is C17H23NO4S. The lowest BCUT2D eigenvalue weighted by Crippen LogP contribution is -2.40. The van der Waals surface area contributed by atoms with E-state index in [2.05, 4.69) is 6.92 Å². The molecule has 0 atom stereocenters. The summed E-state index contributed by atoms with van der Waals surface area (Å²) >= 11 is 1.42. The van der Waals surface area contributed by atoms with Gasteiger partial charge < -0.3 is 9.64 Å². The van der Waals surface area contributed by atoms with E-state index in [0.717, 1.165) is 30.8 Å². The second-order valence-electron chi connectivity index (χ2n) is 6.06. The normalized spacial score (nSPS) is 15.5. The summed E-state index contributed by atoms with van der Waals surface area (Å²) in [5.41, 5.74) is 0. The standard InChI is InChI=1S/C17H23NO4S/c1-12-7-9-18(10-8-12)16(20)11-22-17(21)6-4-14(19)15-5-3-13(2)23-15/h3,5,12H,4,6-11H2,1-2H3. The summed E-state index contributed by atoms with van der Waals surface area (Å²) in [5.74, 6) is -0.0549. The molecule has 0 bridgehead atoms. The van der Waals surface area contributed by atoms with Crippen molar-refractivity contribution in [3.05, 3.63) is 21.9 Å². The lowest BCUT2D eigenvalue weighted by atomic mass is 9.99. The highest BCUT2D eigenvalue weighted by Crippen LogP contribution is 2.18. The predicted molar refractivity (Wildman–Crippen MR) is 88.6 cm³/mol. The van der Waals surface area contributed by atoms with Gasteiger partial charge in [-0.15, -0.1) is 11.3 Å². The summed E-state index contributed by atoms with van der Waals surface area (Å²) in [6, 6.07) is 3.66. The van der Waals surface area contributed by atoms with Crippen molar-refractivity contribution in [3.63, 3.8) is 0 Å². The van der Waals surface area contributed by atoms with Crippen LogP contribution in [-0.4, -0.2) is 42.3 Å². The SMILES string of the molecule is Cc1ccc(C(=O)CCC(=O)OCC(=O)N2CCC(C)CC2)s1. The van der Waals surface area contributed by atoms with Crippen LogP contribution < -0.4 is 0 Å². The molecule has 1 fully saturated rings. The monoisotopic (exact) mass is 337 g/mol. The number of piperidine rings is 1. The first-order chi connectivity index (χ1) is 11.0. The molecule has 1 saturated heterocycles. The summed E-state index contributed by atoms with van der Waals surface area (Å²) in [5, 5.41) is 0. The van der Waals surface area contributed by atoms with Gasteiger partial charge in [0.25, 0.3) is 5.91 Å². The van der Waals surface area contributed by atoms with E-state index in [-0.39, 0.29) is 31.1 Å². The molecule has 0 N–H and O–H groups in total. The first-order valence-corrected chi connectivity index (χ1v) is 8.80. The number of rotatable bonds is 6. The van der Waals surface area contributed by atoms with E-state index in [4.69, 9.17) is 4.74 Å². The average Bonchev–Trinajstić information content (AvgIpc) is 2.97. The molecule has 1 aromatic rings. The van der Waals surface area contributed by atoms with Crippen LogP contribution in [-0.2, 0) is 14.3 Å². The molecule has 0 radical (unpaired) electrons. The van der Waals surface area contributed by atoms with Crippen molar-refractivity contribution in [2.24, 2.45) is 5.92 Å². The number of carbonyl (C=O) groups excluding carboxylic acids is 3. The topological polar surface area (TPSA) is 63.7 Å². The number of hydrogen-bond acceptors (Lipinski definition) is 5. The molecule has 1 aliphatic rings. The zero-order chi connectivity index (χ0) is 16.8. The second kappa shape index (κ2) is 8.24. The first kappa shape index (κ1) is 17.7. The zero-order valence-corrected chi connectivity index (χ0v) is 14.5. The number of aryl methyl sites for hydroxylation is 1. The fourth-order valence-electron chi connectivity index (χ4n) is 2.49. The van der Waals surface area contributed by atoms with E-state index in [0.29, 0.717) is 10.8 Å². The second-order valence-corrected chi connectivity index (χ2v) is 7.35. The van der Waals surface area contributed by atoms with E-state index in [9.17, 15) is 14.4 Å². The molecule has 5 nitrogen and oxygen atoms in total. The van der Waals surface area contributed by atoms with Crippen molar-refractivity contribution >= 4 is 29.0 Å². The summed E-state index contributed by atoms with van der Waals surface area (Å²) in [6.07, 6.45) is 2.12. The smallest absolute Gasteiger partial charge is 0.306 e. The Kier molecular flexibility index (Phi) is 6.33.